The molecular weight excluding hydrogens is 738 g/mol. The molecule has 6 aromatic rings. The van der Waals surface area contributed by atoms with Crippen molar-refractivity contribution in [3.05, 3.63) is 153 Å². The zero-order valence-electron chi connectivity index (χ0n) is 30.9. The lowest BCUT2D eigenvalue weighted by atomic mass is 10.1. The molecule has 0 saturated heterocycles. The van der Waals surface area contributed by atoms with E-state index in [1.54, 1.807) is 30.3 Å². The molecule has 0 spiro atoms. The topological polar surface area (TPSA) is 180 Å². The number of amides is 2. The van der Waals surface area contributed by atoms with E-state index in [2.05, 4.69) is 20.8 Å². The number of halogens is 3. The second-order valence-electron chi connectivity index (χ2n) is 14.0. The smallest absolute Gasteiger partial charge is 0.251 e. The summed E-state index contributed by atoms with van der Waals surface area (Å²) in [5.41, 5.74) is 16.5. The molecule has 6 N–H and O–H groups in total. The van der Waals surface area contributed by atoms with Crippen molar-refractivity contribution in [3.8, 4) is 11.4 Å². The average Bonchev–Trinajstić information content (AvgIpc) is 4.12. The van der Waals surface area contributed by atoms with Crippen molar-refractivity contribution < 1.29 is 32.3 Å². The molecule has 2 saturated carbocycles. The Kier molecular flexibility index (Phi) is 10.5. The number of hydrogen-bond donors (Lipinski definition) is 4. The molecule has 8 rings (SSSR count). The van der Waals surface area contributed by atoms with Gasteiger partial charge in [0, 0.05) is 34.3 Å². The highest BCUT2D eigenvalue weighted by Gasteiger charge is 2.26. The second kappa shape index (κ2) is 15.6. The van der Waals surface area contributed by atoms with E-state index in [0.717, 1.165) is 55.0 Å². The summed E-state index contributed by atoms with van der Waals surface area (Å²) in [4.78, 5) is 50.0. The van der Waals surface area contributed by atoms with Crippen molar-refractivity contribution in [2.45, 2.75) is 51.6 Å². The van der Waals surface area contributed by atoms with Crippen LogP contribution >= 0.6 is 0 Å². The molecule has 0 aliphatic heterocycles. The standard InChI is InChI=1S/C21H18F2N4O2.C21H19FN4O2/c1-11-2-3-13(21(29)26-14-5-6-14)9-18(11)27-20(24)15(10-25-27)19(28)12-4-7-16(22)17(23)8-12;1-12-5-6-14(21(28)25-16-7-8-16)10-18(12)26-20(23)17(11-24-26)19(27)13-3-2-4-15(22)9-13/h2-4,7-10,14H,5-6,24H2,1H3,(H,26,29);2-6,9-11,16H,7-8,23H2,1H3,(H,25,28). The van der Waals surface area contributed by atoms with Crippen LogP contribution in [0.2, 0.25) is 0 Å². The number of benzene rings is 4. The highest BCUT2D eigenvalue weighted by atomic mass is 19.2. The molecule has 0 bridgehead atoms. The van der Waals surface area contributed by atoms with Crippen molar-refractivity contribution in [2.24, 2.45) is 0 Å². The van der Waals surface area contributed by atoms with Crippen LogP contribution in [0.1, 0.15) is 89.4 Å². The highest BCUT2D eigenvalue weighted by Crippen LogP contribution is 2.27. The molecule has 57 heavy (non-hydrogen) atoms. The number of nitrogens with zero attached hydrogens (tertiary/aromatic N) is 4. The van der Waals surface area contributed by atoms with Gasteiger partial charge in [-0.15, -0.1) is 0 Å². The van der Waals surface area contributed by atoms with Gasteiger partial charge in [-0.05, 0) is 105 Å². The first kappa shape index (κ1) is 38.3. The maximum Gasteiger partial charge on any atom is 0.251 e. The van der Waals surface area contributed by atoms with Gasteiger partial charge in [-0.1, -0.05) is 24.3 Å². The van der Waals surface area contributed by atoms with Gasteiger partial charge in [0.25, 0.3) is 11.8 Å². The summed E-state index contributed by atoms with van der Waals surface area (Å²) in [6, 6.07) is 19.2. The third-order valence-electron chi connectivity index (χ3n) is 9.59. The minimum absolute atomic E-state index is 0.0376. The molecule has 4 aromatic carbocycles. The Morgan fingerprint density at radius 1 is 0.596 bits per heavy atom. The molecule has 2 fully saturated rings. The summed E-state index contributed by atoms with van der Waals surface area (Å²) in [7, 11) is 0. The molecule has 12 nitrogen and oxygen atoms in total. The number of nitrogen functional groups attached to an aromatic ring is 2. The summed E-state index contributed by atoms with van der Waals surface area (Å²) in [5, 5.41) is 14.3. The van der Waals surface area contributed by atoms with Crippen LogP contribution in [-0.2, 0) is 0 Å². The van der Waals surface area contributed by atoms with E-state index in [4.69, 9.17) is 11.5 Å². The van der Waals surface area contributed by atoms with Crippen LogP contribution in [0.3, 0.4) is 0 Å². The van der Waals surface area contributed by atoms with Crippen LogP contribution in [0.15, 0.2) is 91.3 Å². The van der Waals surface area contributed by atoms with E-state index < -0.39 is 29.0 Å². The first-order valence-electron chi connectivity index (χ1n) is 18.1. The quantitative estimate of drug-likeness (QED) is 0.119. The van der Waals surface area contributed by atoms with Crippen molar-refractivity contribution in [1.29, 1.82) is 0 Å². The number of nitrogens with one attached hydrogen (secondary N) is 2. The fraction of sp³-hybridized carbons (Fsp3) is 0.190. The predicted molar refractivity (Wildman–Crippen MR) is 206 cm³/mol. The number of carbonyl (C=O) groups is 4. The fourth-order valence-corrected chi connectivity index (χ4v) is 5.98. The Bertz CT molecular complexity index is 2570. The van der Waals surface area contributed by atoms with Gasteiger partial charge < -0.3 is 22.1 Å². The highest BCUT2D eigenvalue weighted by molar-refractivity contribution is 6.12. The van der Waals surface area contributed by atoms with Crippen LogP contribution in [-0.4, -0.2) is 55.0 Å². The third kappa shape index (κ3) is 8.32. The third-order valence-corrected chi connectivity index (χ3v) is 9.59. The molecule has 290 valence electrons. The lowest BCUT2D eigenvalue weighted by Gasteiger charge is -2.11. The lowest BCUT2D eigenvalue weighted by Crippen LogP contribution is -2.25. The number of ketones is 2. The average molecular weight is 775 g/mol. The Balaban J connectivity index is 0.000000174. The van der Waals surface area contributed by atoms with E-state index in [1.807, 2.05) is 19.9 Å². The van der Waals surface area contributed by atoms with Crippen molar-refractivity contribution in [2.75, 3.05) is 11.5 Å². The largest absolute Gasteiger partial charge is 0.383 e. The maximum atomic E-state index is 13.5. The van der Waals surface area contributed by atoms with Gasteiger partial charge in [-0.3, -0.25) is 19.2 Å². The fourth-order valence-electron chi connectivity index (χ4n) is 5.98. The molecule has 2 amide bonds. The normalized spacial score (nSPS) is 13.4. The Hall–Kier alpha value is -7.03. The number of aromatic nitrogens is 4. The molecule has 2 aliphatic rings. The van der Waals surface area contributed by atoms with E-state index in [0.29, 0.717) is 22.5 Å². The summed E-state index contributed by atoms with van der Waals surface area (Å²) < 4.78 is 42.8. The molecule has 15 heteroatoms. The van der Waals surface area contributed by atoms with Crippen molar-refractivity contribution >= 4 is 35.0 Å². The summed E-state index contributed by atoms with van der Waals surface area (Å²) in [6.07, 6.45) is 6.59. The number of hydrogen-bond acceptors (Lipinski definition) is 8. The molecular formula is C42H37F3N8O4. The zero-order valence-corrected chi connectivity index (χ0v) is 30.9. The summed E-state index contributed by atoms with van der Waals surface area (Å²) >= 11 is 0. The van der Waals surface area contributed by atoms with E-state index >= 15 is 0 Å². The van der Waals surface area contributed by atoms with E-state index in [1.165, 1.54) is 46.0 Å². The Morgan fingerprint density at radius 2 is 1.05 bits per heavy atom. The number of nitrogens with two attached hydrogens (primary N) is 2. The molecule has 2 aromatic heterocycles. The molecule has 2 heterocycles. The van der Waals surface area contributed by atoms with E-state index in [-0.39, 0.29) is 57.8 Å². The van der Waals surface area contributed by atoms with Crippen molar-refractivity contribution in [3.63, 3.8) is 0 Å². The number of anilines is 2. The molecule has 0 radical (unpaired) electrons. The predicted octanol–water partition coefficient (Wildman–Crippen LogP) is 6.19. The van der Waals surface area contributed by atoms with Gasteiger partial charge in [0.2, 0.25) is 0 Å². The summed E-state index contributed by atoms with van der Waals surface area (Å²) in [6.45, 7) is 3.70. The first-order valence-corrected chi connectivity index (χ1v) is 18.1. The van der Waals surface area contributed by atoms with Crippen LogP contribution in [0.25, 0.3) is 11.4 Å². The first-order chi connectivity index (χ1) is 27.3. The van der Waals surface area contributed by atoms with Crippen LogP contribution in [0.5, 0.6) is 0 Å². The molecule has 2 aliphatic carbocycles. The van der Waals surface area contributed by atoms with Crippen molar-refractivity contribution in [1.82, 2.24) is 30.2 Å². The number of rotatable bonds is 10. The van der Waals surface area contributed by atoms with Gasteiger partial charge in [0.15, 0.2) is 23.2 Å². The minimum Gasteiger partial charge on any atom is -0.383 e. The molecule has 0 unspecified atom stereocenters. The van der Waals surface area contributed by atoms with Gasteiger partial charge >= 0.3 is 0 Å². The monoisotopic (exact) mass is 774 g/mol. The Labute approximate surface area is 324 Å². The summed E-state index contributed by atoms with van der Waals surface area (Å²) in [5.74, 6) is -3.80. The maximum absolute atomic E-state index is 13.5. The Morgan fingerprint density at radius 3 is 1.49 bits per heavy atom. The molecule has 0 atom stereocenters. The van der Waals surface area contributed by atoms with Gasteiger partial charge in [-0.2, -0.15) is 10.2 Å². The van der Waals surface area contributed by atoms with Gasteiger partial charge in [-0.25, -0.2) is 22.5 Å². The van der Waals surface area contributed by atoms with E-state index in [9.17, 15) is 32.3 Å². The van der Waals surface area contributed by atoms with Gasteiger partial charge in [0.05, 0.1) is 34.9 Å². The second-order valence-corrected chi connectivity index (χ2v) is 14.0. The van der Waals surface area contributed by atoms with Crippen LogP contribution in [0.4, 0.5) is 24.8 Å². The van der Waals surface area contributed by atoms with Gasteiger partial charge in [0.1, 0.15) is 17.5 Å². The lowest BCUT2D eigenvalue weighted by molar-refractivity contribution is 0.0942. The van der Waals surface area contributed by atoms with Crippen LogP contribution in [0, 0.1) is 31.3 Å². The SMILES string of the molecule is Cc1ccc(C(=O)NC2CC2)cc1-n1ncc(C(=O)c2ccc(F)c(F)c2)c1N.Cc1ccc(C(=O)NC2CC2)cc1-n1ncc(C(=O)c2cccc(F)c2)c1N. The number of aryl methyl sites for hydroxylation is 2. The van der Waals surface area contributed by atoms with Crippen LogP contribution < -0.4 is 22.1 Å². The number of carbonyl (C=O) groups excluding carboxylic acids is 4. The zero-order chi connectivity index (χ0) is 40.5. The minimum atomic E-state index is -1.12.